The summed E-state index contributed by atoms with van der Waals surface area (Å²) in [5.74, 6) is 0.260. The highest BCUT2D eigenvalue weighted by atomic mass is 35.5. The molecule has 6 nitrogen and oxygen atoms in total. The summed E-state index contributed by atoms with van der Waals surface area (Å²) in [5.41, 5.74) is 0.158. The lowest BCUT2D eigenvalue weighted by Crippen LogP contribution is -2.41. The monoisotopic (exact) mass is 440 g/mol. The van der Waals surface area contributed by atoms with Crippen LogP contribution in [0.1, 0.15) is 10.4 Å². The third-order valence-electron chi connectivity index (χ3n) is 4.19. The fourth-order valence-corrected chi connectivity index (χ4v) is 5.26. The zero-order valence-electron chi connectivity index (χ0n) is 15.1. The number of hydrogen-bond acceptors (Lipinski definition) is 5. The van der Waals surface area contributed by atoms with Gasteiger partial charge in [-0.1, -0.05) is 23.7 Å². The van der Waals surface area contributed by atoms with Crippen molar-refractivity contribution in [3.8, 4) is 0 Å². The van der Waals surface area contributed by atoms with Crippen molar-refractivity contribution in [2.24, 2.45) is 0 Å². The molecule has 1 saturated heterocycles. The molecule has 1 N–H and O–H groups in total. The number of thioether (sulfide) groups is 1. The number of amides is 1. The summed E-state index contributed by atoms with van der Waals surface area (Å²) < 4.78 is 32.4. The van der Waals surface area contributed by atoms with Crippen LogP contribution in [0.4, 0.5) is 0 Å². The Kier molecular flexibility index (Phi) is 7.36. The van der Waals surface area contributed by atoms with Crippen molar-refractivity contribution in [3.63, 3.8) is 0 Å². The van der Waals surface area contributed by atoms with Gasteiger partial charge in [0.2, 0.25) is 10.0 Å². The summed E-state index contributed by atoms with van der Waals surface area (Å²) in [6.07, 6.45) is 0. The molecule has 0 bridgehead atoms. The summed E-state index contributed by atoms with van der Waals surface area (Å²) in [5, 5.41) is 3.48. The SMILES string of the molecule is O=C(NCCSc1ccc(Cl)cc1)c1ccccc1S(=O)(=O)N1CCOCC1. The molecule has 1 aliphatic heterocycles. The first-order chi connectivity index (χ1) is 13.5. The van der Waals surface area contributed by atoms with Crippen molar-refractivity contribution in [1.82, 2.24) is 9.62 Å². The van der Waals surface area contributed by atoms with E-state index in [1.807, 2.05) is 24.3 Å². The van der Waals surface area contributed by atoms with Crippen molar-refractivity contribution in [1.29, 1.82) is 0 Å². The van der Waals surface area contributed by atoms with Crippen molar-refractivity contribution in [3.05, 3.63) is 59.1 Å². The molecule has 150 valence electrons. The van der Waals surface area contributed by atoms with Gasteiger partial charge in [-0.2, -0.15) is 4.31 Å². The molecular formula is C19H21ClN2O4S2. The molecule has 0 spiro atoms. The summed E-state index contributed by atoms with van der Waals surface area (Å²) in [4.78, 5) is 13.7. The molecule has 1 amide bonds. The Bertz CT molecular complexity index is 914. The molecule has 0 radical (unpaired) electrons. The largest absolute Gasteiger partial charge is 0.379 e. The van der Waals surface area contributed by atoms with Crippen LogP contribution < -0.4 is 5.32 Å². The van der Waals surface area contributed by atoms with Crippen LogP contribution >= 0.6 is 23.4 Å². The number of hydrogen-bond donors (Lipinski definition) is 1. The minimum atomic E-state index is -3.74. The first kappa shape index (κ1) is 21.1. The summed E-state index contributed by atoms with van der Waals surface area (Å²) in [6.45, 7) is 1.70. The van der Waals surface area contributed by atoms with Gasteiger partial charge < -0.3 is 10.1 Å². The zero-order valence-corrected chi connectivity index (χ0v) is 17.5. The molecule has 0 saturated carbocycles. The molecule has 1 aliphatic rings. The van der Waals surface area contributed by atoms with Gasteiger partial charge in [0.05, 0.1) is 23.7 Å². The second-order valence-corrected chi connectivity index (χ2v) is 9.58. The molecule has 3 rings (SSSR count). The van der Waals surface area contributed by atoms with Crippen LogP contribution in [-0.2, 0) is 14.8 Å². The maximum absolute atomic E-state index is 12.9. The Labute approximate surface area is 174 Å². The normalized spacial score (nSPS) is 15.3. The van der Waals surface area contributed by atoms with Crippen LogP contribution in [0.5, 0.6) is 0 Å². The maximum atomic E-state index is 12.9. The van der Waals surface area contributed by atoms with E-state index in [1.54, 1.807) is 23.9 Å². The van der Waals surface area contributed by atoms with E-state index < -0.39 is 15.9 Å². The third kappa shape index (κ3) is 5.27. The van der Waals surface area contributed by atoms with Crippen LogP contribution in [0.2, 0.25) is 5.02 Å². The molecule has 0 unspecified atom stereocenters. The first-order valence-electron chi connectivity index (χ1n) is 8.82. The van der Waals surface area contributed by atoms with E-state index >= 15 is 0 Å². The Balaban J connectivity index is 1.63. The summed E-state index contributed by atoms with van der Waals surface area (Å²) >= 11 is 7.45. The second kappa shape index (κ2) is 9.76. The number of carbonyl (C=O) groups is 1. The number of benzene rings is 2. The molecule has 2 aromatic carbocycles. The molecule has 0 aromatic heterocycles. The Morgan fingerprint density at radius 3 is 2.50 bits per heavy atom. The van der Waals surface area contributed by atoms with E-state index in [2.05, 4.69) is 5.32 Å². The first-order valence-corrected chi connectivity index (χ1v) is 11.6. The number of nitrogens with zero attached hydrogens (tertiary/aromatic N) is 1. The second-order valence-electron chi connectivity index (χ2n) is 6.07. The number of nitrogens with one attached hydrogen (secondary N) is 1. The fraction of sp³-hybridized carbons (Fsp3) is 0.316. The van der Waals surface area contributed by atoms with Gasteiger partial charge in [0.1, 0.15) is 0 Å². The van der Waals surface area contributed by atoms with Crippen LogP contribution in [0.3, 0.4) is 0 Å². The lowest BCUT2D eigenvalue weighted by atomic mass is 10.2. The number of ether oxygens (including phenoxy) is 1. The third-order valence-corrected chi connectivity index (χ3v) is 7.41. The average Bonchev–Trinajstić information content (AvgIpc) is 2.73. The number of sulfonamides is 1. The zero-order chi connectivity index (χ0) is 20.0. The fourth-order valence-electron chi connectivity index (χ4n) is 2.76. The molecular weight excluding hydrogens is 420 g/mol. The number of morpholine rings is 1. The van der Waals surface area contributed by atoms with Crippen molar-refractivity contribution < 1.29 is 17.9 Å². The molecule has 9 heteroatoms. The maximum Gasteiger partial charge on any atom is 0.252 e. The van der Waals surface area contributed by atoms with E-state index in [9.17, 15) is 13.2 Å². The lowest BCUT2D eigenvalue weighted by Gasteiger charge is -2.26. The van der Waals surface area contributed by atoms with Crippen LogP contribution in [0.15, 0.2) is 58.3 Å². The van der Waals surface area contributed by atoms with E-state index in [4.69, 9.17) is 16.3 Å². The Hall–Kier alpha value is -1.58. The van der Waals surface area contributed by atoms with Gasteiger partial charge in [-0.05, 0) is 36.4 Å². The molecule has 0 atom stereocenters. The standard InChI is InChI=1S/C19H21ClN2O4S2/c20-15-5-7-16(8-6-15)27-14-9-21-19(23)17-3-1-2-4-18(17)28(24,25)22-10-12-26-13-11-22/h1-8H,9-14H2,(H,21,23). The minimum Gasteiger partial charge on any atom is -0.379 e. The topological polar surface area (TPSA) is 75.7 Å². The predicted octanol–water partition coefficient (Wildman–Crippen LogP) is 2.88. The Morgan fingerprint density at radius 1 is 1.11 bits per heavy atom. The van der Waals surface area contributed by atoms with Crippen LogP contribution in [0, 0.1) is 0 Å². The van der Waals surface area contributed by atoms with E-state index in [0.717, 1.165) is 4.90 Å². The van der Waals surface area contributed by atoms with Gasteiger partial charge in [0.25, 0.3) is 5.91 Å². The van der Waals surface area contributed by atoms with E-state index in [-0.39, 0.29) is 23.5 Å². The van der Waals surface area contributed by atoms with Gasteiger partial charge in [0.15, 0.2) is 0 Å². The highest BCUT2D eigenvalue weighted by molar-refractivity contribution is 7.99. The van der Waals surface area contributed by atoms with E-state index in [0.29, 0.717) is 30.5 Å². The average molecular weight is 441 g/mol. The van der Waals surface area contributed by atoms with Crippen molar-refractivity contribution >= 4 is 39.3 Å². The quantitative estimate of drug-likeness (QED) is 0.529. The lowest BCUT2D eigenvalue weighted by molar-refractivity contribution is 0.0730. The van der Waals surface area contributed by atoms with Crippen molar-refractivity contribution in [2.45, 2.75) is 9.79 Å². The molecule has 2 aromatic rings. The molecule has 1 heterocycles. The van der Waals surface area contributed by atoms with Crippen LogP contribution in [-0.4, -0.2) is 57.2 Å². The van der Waals surface area contributed by atoms with Gasteiger partial charge in [-0.25, -0.2) is 8.42 Å². The smallest absolute Gasteiger partial charge is 0.252 e. The van der Waals surface area contributed by atoms with Gasteiger partial charge in [-0.15, -0.1) is 11.8 Å². The highest BCUT2D eigenvalue weighted by Gasteiger charge is 2.29. The molecule has 0 aliphatic carbocycles. The van der Waals surface area contributed by atoms with Crippen molar-refractivity contribution in [2.75, 3.05) is 38.6 Å². The van der Waals surface area contributed by atoms with Crippen LogP contribution in [0.25, 0.3) is 0 Å². The number of rotatable bonds is 7. The van der Waals surface area contributed by atoms with Gasteiger partial charge >= 0.3 is 0 Å². The Morgan fingerprint density at radius 2 is 1.79 bits per heavy atom. The number of halogens is 1. The molecule has 28 heavy (non-hydrogen) atoms. The van der Waals surface area contributed by atoms with Gasteiger partial charge in [-0.3, -0.25) is 4.79 Å². The van der Waals surface area contributed by atoms with E-state index in [1.165, 1.54) is 16.4 Å². The minimum absolute atomic E-state index is 0.0276. The summed E-state index contributed by atoms with van der Waals surface area (Å²) in [6, 6.07) is 13.8. The predicted molar refractivity (Wildman–Crippen MR) is 111 cm³/mol. The summed E-state index contributed by atoms with van der Waals surface area (Å²) in [7, 11) is -3.74. The highest BCUT2D eigenvalue weighted by Crippen LogP contribution is 2.22. The number of carbonyl (C=O) groups excluding carboxylic acids is 1. The molecule has 1 fully saturated rings. The van der Waals surface area contributed by atoms with Gasteiger partial charge in [0, 0.05) is 35.3 Å².